The molecular weight excluding hydrogens is 529 g/mol. The van der Waals surface area contributed by atoms with Crippen molar-refractivity contribution in [3.8, 4) is 11.3 Å². The van der Waals surface area contributed by atoms with E-state index in [2.05, 4.69) is 47.4 Å². The highest BCUT2D eigenvalue weighted by molar-refractivity contribution is 7.07. The van der Waals surface area contributed by atoms with E-state index in [0.717, 1.165) is 63.0 Å². The van der Waals surface area contributed by atoms with Crippen LogP contribution in [0.4, 0.5) is 4.39 Å². The van der Waals surface area contributed by atoms with Gasteiger partial charge in [0.25, 0.3) is 5.56 Å². The highest BCUT2D eigenvalue weighted by Crippen LogP contribution is 2.41. The van der Waals surface area contributed by atoms with Gasteiger partial charge in [0, 0.05) is 22.0 Å². The Morgan fingerprint density at radius 1 is 0.878 bits per heavy atom. The Balaban J connectivity index is 1.40. The monoisotopic (exact) mass is 553 g/mol. The molecule has 0 fully saturated rings. The summed E-state index contributed by atoms with van der Waals surface area (Å²) in [6.45, 7) is 0. The van der Waals surface area contributed by atoms with E-state index in [1.807, 2.05) is 47.0 Å². The number of aryl methyl sites for hydroxylation is 1. The molecule has 0 spiro atoms. The Bertz CT molecular complexity index is 2190. The van der Waals surface area contributed by atoms with Gasteiger partial charge in [0.1, 0.15) is 5.82 Å². The number of allylic oxidation sites excluding steroid dienone is 1. The summed E-state index contributed by atoms with van der Waals surface area (Å²) < 4.78 is 16.4. The number of halogens is 1. The third kappa shape index (κ3) is 3.86. The zero-order chi connectivity index (χ0) is 27.5. The van der Waals surface area contributed by atoms with Gasteiger partial charge in [-0.25, -0.2) is 9.38 Å². The second-order valence-electron chi connectivity index (χ2n) is 10.5. The van der Waals surface area contributed by atoms with Crippen LogP contribution in [-0.4, -0.2) is 9.55 Å². The summed E-state index contributed by atoms with van der Waals surface area (Å²) in [6.07, 6.45) is 3.67. The van der Waals surface area contributed by atoms with Crippen LogP contribution in [0.2, 0.25) is 0 Å². The molecule has 41 heavy (non-hydrogen) atoms. The molecule has 0 bridgehead atoms. The van der Waals surface area contributed by atoms with Gasteiger partial charge in [-0.2, -0.15) is 0 Å². The summed E-state index contributed by atoms with van der Waals surface area (Å²) in [7, 11) is 0. The van der Waals surface area contributed by atoms with Gasteiger partial charge in [-0.1, -0.05) is 96.3 Å². The molecule has 0 saturated carbocycles. The number of aromatic amines is 1. The first-order valence-electron chi connectivity index (χ1n) is 13.7. The maximum Gasteiger partial charge on any atom is 0.271 e. The van der Waals surface area contributed by atoms with Crippen molar-refractivity contribution < 1.29 is 4.39 Å². The van der Waals surface area contributed by atoms with Gasteiger partial charge < -0.3 is 4.98 Å². The minimum atomic E-state index is -0.339. The zero-order valence-corrected chi connectivity index (χ0v) is 22.8. The van der Waals surface area contributed by atoms with Gasteiger partial charge in [-0.05, 0) is 59.4 Å². The molecule has 3 heterocycles. The maximum absolute atomic E-state index is 14.3. The number of fused-ring (bicyclic) bond motifs is 4. The first-order chi connectivity index (χ1) is 20.2. The smallest absolute Gasteiger partial charge is 0.271 e. The van der Waals surface area contributed by atoms with Gasteiger partial charge in [0.2, 0.25) is 0 Å². The van der Waals surface area contributed by atoms with E-state index in [0.29, 0.717) is 9.33 Å². The maximum atomic E-state index is 14.3. The van der Waals surface area contributed by atoms with E-state index in [1.54, 1.807) is 12.1 Å². The molecule has 1 N–H and O–H groups in total. The van der Waals surface area contributed by atoms with Crippen molar-refractivity contribution in [2.75, 3.05) is 0 Å². The molecule has 4 aromatic carbocycles. The van der Waals surface area contributed by atoms with E-state index < -0.39 is 0 Å². The van der Waals surface area contributed by atoms with Gasteiger partial charge >= 0.3 is 0 Å². The van der Waals surface area contributed by atoms with Crippen LogP contribution in [0.5, 0.6) is 0 Å². The number of nitrogens with zero attached hydrogens (tertiary/aromatic N) is 2. The Kier molecular flexibility index (Phi) is 5.50. The number of nitrogens with one attached hydrogen (secondary N) is 1. The Morgan fingerprint density at radius 2 is 1.63 bits per heavy atom. The summed E-state index contributed by atoms with van der Waals surface area (Å²) in [5.74, 6) is -0.294. The van der Waals surface area contributed by atoms with Crippen LogP contribution >= 0.6 is 11.3 Å². The van der Waals surface area contributed by atoms with E-state index in [4.69, 9.17) is 4.99 Å². The molecule has 6 heteroatoms. The third-order valence-electron chi connectivity index (χ3n) is 8.14. The van der Waals surface area contributed by atoms with Gasteiger partial charge in [-0.15, -0.1) is 0 Å². The topological polar surface area (TPSA) is 50.1 Å². The molecule has 0 amide bonds. The summed E-state index contributed by atoms with van der Waals surface area (Å²) in [5, 5.41) is 1.06. The average Bonchev–Trinajstić information content (AvgIpc) is 3.54. The number of rotatable bonds is 3. The van der Waals surface area contributed by atoms with Gasteiger partial charge in [0.05, 0.1) is 22.0 Å². The molecule has 8 rings (SSSR count). The molecule has 1 aliphatic heterocycles. The molecule has 2 aromatic heterocycles. The number of benzene rings is 4. The zero-order valence-electron chi connectivity index (χ0n) is 22.0. The van der Waals surface area contributed by atoms with E-state index in [9.17, 15) is 9.18 Å². The summed E-state index contributed by atoms with van der Waals surface area (Å²) in [5.41, 5.74) is 9.24. The Labute approximate surface area is 239 Å². The van der Waals surface area contributed by atoms with Crippen LogP contribution in [0.1, 0.15) is 34.7 Å². The summed E-state index contributed by atoms with van der Waals surface area (Å²) >= 11 is 1.41. The van der Waals surface area contributed by atoms with Gasteiger partial charge in [-0.3, -0.25) is 9.36 Å². The number of hydrogen-bond acceptors (Lipinski definition) is 3. The predicted octanol–water partition coefficient (Wildman–Crippen LogP) is 6.61. The first-order valence-corrected chi connectivity index (χ1v) is 14.5. The lowest BCUT2D eigenvalue weighted by Gasteiger charge is -2.30. The van der Waals surface area contributed by atoms with Crippen LogP contribution in [0.3, 0.4) is 0 Å². The largest absolute Gasteiger partial charge is 0.354 e. The molecule has 0 radical (unpaired) electrons. The Hall–Kier alpha value is -4.81. The molecule has 6 aromatic rings. The van der Waals surface area contributed by atoms with Crippen molar-refractivity contribution in [3.05, 3.63) is 156 Å². The standard InChI is InChI=1S/C35H24FN3OS/c36-24-17-14-23(15-18-24)33-27-19-16-21-8-4-5-11-25(21)32(27)38-35-39(33)34(40)30(41-35)20-28-26-12-6-7-13-29(26)37-31(28)22-9-2-1-3-10-22/h1-15,17-18,20,33,37H,16,19H2/b30-20+. The number of hydrogen-bond donors (Lipinski definition) is 1. The lowest BCUT2D eigenvalue weighted by atomic mass is 9.83. The average molecular weight is 554 g/mol. The van der Waals surface area contributed by atoms with Gasteiger partial charge in [0.15, 0.2) is 4.80 Å². The van der Waals surface area contributed by atoms with Crippen LogP contribution in [0, 0.1) is 5.82 Å². The quantitative estimate of drug-likeness (QED) is 0.264. The fourth-order valence-electron chi connectivity index (χ4n) is 6.24. The molecule has 0 saturated heterocycles. The highest BCUT2D eigenvalue weighted by Gasteiger charge is 2.32. The predicted molar refractivity (Wildman–Crippen MR) is 163 cm³/mol. The Morgan fingerprint density at radius 3 is 2.49 bits per heavy atom. The minimum Gasteiger partial charge on any atom is -0.354 e. The third-order valence-corrected chi connectivity index (χ3v) is 9.13. The molecule has 198 valence electrons. The lowest BCUT2D eigenvalue weighted by Crippen LogP contribution is -2.38. The SMILES string of the molecule is O=c1/c(=C\c2c(-c3ccccc3)[nH]c3ccccc23)sc2n1C(c1ccc(F)cc1)C1=C(N=2)c2ccccc2CC1. The van der Waals surface area contributed by atoms with Crippen LogP contribution in [0.25, 0.3) is 33.9 Å². The molecule has 2 aliphatic rings. The minimum absolute atomic E-state index is 0.0854. The summed E-state index contributed by atoms with van der Waals surface area (Å²) in [4.78, 5) is 23.6. The van der Waals surface area contributed by atoms with Crippen molar-refractivity contribution in [3.63, 3.8) is 0 Å². The number of para-hydroxylation sites is 1. The number of aromatic nitrogens is 2. The van der Waals surface area contributed by atoms with Crippen LogP contribution < -0.4 is 14.9 Å². The lowest BCUT2D eigenvalue weighted by molar-refractivity contribution is 0.581. The normalized spacial score (nSPS) is 16.3. The fourth-order valence-corrected chi connectivity index (χ4v) is 7.23. The van der Waals surface area contributed by atoms with E-state index >= 15 is 0 Å². The van der Waals surface area contributed by atoms with Crippen molar-refractivity contribution in [2.45, 2.75) is 18.9 Å². The molecular formula is C35H24FN3OS. The van der Waals surface area contributed by atoms with E-state index in [-0.39, 0.29) is 17.4 Å². The second kappa shape index (κ2) is 9.39. The van der Waals surface area contributed by atoms with Crippen molar-refractivity contribution in [2.24, 2.45) is 4.99 Å². The number of thiazole rings is 1. The molecule has 1 atom stereocenters. The van der Waals surface area contributed by atoms with Crippen LogP contribution in [-0.2, 0) is 6.42 Å². The first kappa shape index (κ1) is 24.0. The van der Waals surface area contributed by atoms with E-state index in [1.165, 1.54) is 29.0 Å². The molecule has 1 unspecified atom stereocenters. The molecule has 4 nitrogen and oxygen atoms in total. The van der Waals surface area contributed by atoms with Crippen molar-refractivity contribution in [1.82, 2.24) is 9.55 Å². The number of H-pyrrole nitrogens is 1. The molecule has 1 aliphatic carbocycles. The second-order valence-corrected chi connectivity index (χ2v) is 11.5. The van der Waals surface area contributed by atoms with Crippen molar-refractivity contribution in [1.29, 1.82) is 0 Å². The van der Waals surface area contributed by atoms with Crippen molar-refractivity contribution >= 4 is 34.0 Å². The summed E-state index contributed by atoms with van der Waals surface area (Å²) in [6, 6.07) is 32.9. The highest BCUT2D eigenvalue weighted by atomic mass is 32.1. The fraction of sp³-hybridized carbons (Fsp3) is 0.0857. The van der Waals surface area contributed by atoms with Crippen LogP contribution in [0.15, 0.2) is 118 Å².